The maximum atomic E-state index is 2.50. The highest BCUT2D eigenvalue weighted by atomic mass is 14.4. The topological polar surface area (TPSA) is 0 Å². The van der Waals surface area contributed by atoms with Crippen molar-refractivity contribution in [1.29, 1.82) is 0 Å². The molecule has 0 aromatic carbocycles. The van der Waals surface area contributed by atoms with E-state index in [4.69, 9.17) is 0 Å². The molecular formula is C10H16. The van der Waals surface area contributed by atoms with Gasteiger partial charge in [0.25, 0.3) is 0 Å². The van der Waals surface area contributed by atoms with Crippen LogP contribution in [-0.4, -0.2) is 0 Å². The Balaban J connectivity index is 2.04. The van der Waals surface area contributed by atoms with Gasteiger partial charge in [-0.25, -0.2) is 0 Å². The molecule has 0 heterocycles. The van der Waals surface area contributed by atoms with Crippen LogP contribution >= 0.6 is 0 Å². The molecule has 0 nitrogen and oxygen atoms in total. The Kier molecular flexibility index (Phi) is 1.55. The maximum absolute atomic E-state index is 2.50. The van der Waals surface area contributed by atoms with E-state index in [1.165, 1.54) is 44.9 Å². The van der Waals surface area contributed by atoms with Gasteiger partial charge in [-0.3, -0.25) is 0 Å². The van der Waals surface area contributed by atoms with Crippen molar-refractivity contribution in [3.8, 4) is 0 Å². The third kappa shape index (κ3) is 1.00. The van der Waals surface area contributed by atoms with Crippen LogP contribution in [0.15, 0.2) is 12.2 Å². The smallest absolute Gasteiger partial charge is 0.0118 e. The normalized spacial score (nSPS) is 29.6. The van der Waals surface area contributed by atoms with Crippen molar-refractivity contribution >= 4 is 0 Å². The molecule has 0 unspecified atom stereocenters. The number of hydrogen-bond donors (Lipinski definition) is 0. The quantitative estimate of drug-likeness (QED) is 0.448. The third-order valence-electron chi connectivity index (χ3n) is 3.12. The van der Waals surface area contributed by atoms with Gasteiger partial charge in [-0.05, 0) is 37.5 Å². The molecule has 1 spiro atoms. The summed E-state index contributed by atoms with van der Waals surface area (Å²) in [6.07, 6.45) is 15.0. The predicted molar refractivity (Wildman–Crippen MR) is 43.9 cm³/mol. The van der Waals surface area contributed by atoms with Crippen molar-refractivity contribution in [1.82, 2.24) is 0 Å². The van der Waals surface area contributed by atoms with Gasteiger partial charge in [0.05, 0.1) is 0 Å². The van der Waals surface area contributed by atoms with Crippen LogP contribution < -0.4 is 0 Å². The predicted octanol–water partition coefficient (Wildman–Crippen LogP) is 3.29. The fourth-order valence-electron chi connectivity index (χ4n) is 2.20. The summed E-state index contributed by atoms with van der Waals surface area (Å²) in [6, 6.07) is 0. The van der Waals surface area contributed by atoms with E-state index in [0.717, 1.165) is 0 Å². The minimum Gasteiger partial charge on any atom is -0.0880 e. The Bertz CT molecular complexity index is 140. The van der Waals surface area contributed by atoms with E-state index in [0.29, 0.717) is 5.41 Å². The van der Waals surface area contributed by atoms with E-state index in [9.17, 15) is 0 Å². The molecule has 2 aliphatic rings. The van der Waals surface area contributed by atoms with Gasteiger partial charge in [0.2, 0.25) is 0 Å². The lowest BCUT2D eigenvalue weighted by molar-refractivity contribution is 0.185. The zero-order chi connectivity index (χ0) is 6.86. The van der Waals surface area contributed by atoms with E-state index in [1.54, 1.807) is 0 Å². The first-order valence-corrected chi connectivity index (χ1v) is 4.59. The van der Waals surface area contributed by atoms with Crippen molar-refractivity contribution in [2.75, 3.05) is 0 Å². The lowest BCUT2D eigenvalue weighted by atomic mass is 9.66. The van der Waals surface area contributed by atoms with Gasteiger partial charge in [-0.1, -0.05) is 25.0 Å². The summed E-state index contributed by atoms with van der Waals surface area (Å²) in [7, 11) is 0. The Labute approximate surface area is 63.3 Å². The molecule has 0 radical (unpaired) electrons. The molecule has 56 valence electrons. The number of rotatable bonds is 0. The van der Waals surface area contributed by atoms with Crippen molar-refractivity contribution < 1.29 is 0 Å². The molecule has 0 atom stereocenters. The highest BCUT2D eigenvalue weighted by molar-refractivity contribution is 5.06. The fraction of sp³-hybridized carbons (Fsp3) is 0.800. The molecule has 10 heavy (non-hydrogen) atoms. The Hall–Kier alpha value is -0.260. The van der Waals surface area contributed by atoms with Gasteiger partial charge in [-0.15, -0.1) is 0 Å². The average Bonchev–Trinajstić information content (AvgIpc) is 2.08. The van der Waals surface area contributed by atoms with Gasteiger partial charge in [0.1, 0.15) is 0 Å². The second-order valence-corrected chi connectivity index (χ2v) is 3.86. The molecular weight excluding hydrogens is 120 g/mol. The van der Waals surface area contributed by atoms with Crippen LogP contribution in [-0.2, 0) is 0 Å². The highest BCUT2D eigenvalue weighted by Gasteiger charge is 2.33. The zero-order valence-electron chi connectivity index (χ0n) is 6.60. The summed E-state index contributed by atoms with van der Waals surface area (Å²) >= 11 is 0. The van der Waals surface area contributed by atoms with Crippen LogP contribution in [0.25, 0.3) is 0 Å². The summed E-state index contributed by atoms with van der Waals surface area (Å²) in [4.78, 5) is 0. The molecule has 0 N–H and O–H groups in total. The minimum absolute atomic E-state index is 0.705. The van der Waals surface area contributed by atoms with Crippen molar-refractivity contribution in [3.63, 3.8) is 0 Å². The molecule has 1 saturated carbocycles. The summed E-state index contributed by atoms with van der Waals surface area (Å²) in [6.45, 7) is 0. The van der Waals surface area contributed by atoms with Gasteiger partial charge in [-0.2, -0.15) is 0 Å². The molecule has 2 rings (SSSR count). The number of allylic oxidation sites excluding steroid dienone is 2. The monoisotopic (exact) mass is 136 g/mol. The van der Waals surface area contributed by atoms with Crippen molar-refractivity contribution in [3.05, 3.63) is 12.2 Å². The lowest BCUT2D eigenvalue weighted by Gasteiger charge is -2.39. The lowest BCUT2D eigenvalue weighted by Crippen LogP contribution is -2.26. The molecule has 0 aliphatic heterocycles. The minimum atomic E-state index is 0.705. The summed E-state index contributed by atoms with van der Waals surface area (Å²) < 4.78 is 0. The van der Waals surface area contributed by atoms with E-state index in [-0.39, 0.29) is 0 Å². The molecule has 2 aliphatic carbocycles. The summed E-state index contributed by atoms with van der Waals surface area (Å²) in [5.74, 6) is 0. The van der Waals surface area contributed by atoms with Crippen LogP contribution in [0.2, 0.25) is 0 Å². The molecule has 0 aromatic rings. The van der Waals surface area contributed by atoms with E-state index in [1.807, 2.05) is 0 Å². The number of hydrogen-bond acceptors (Lipinski definition) is 0. The molecule has 0 bridgehead atoms. The molecule has 0 aromatic heterocycles. The zero-order valence-corrected chi connectivity index (χ0v) is 6.60. The average molecular weight is 136 g/mol. The first kappa shape index (κ1) is 6.45. The van der Waals surface area contributed by atoms with Crippen molar-refractivity contribution in [2.24, 2.45) is 5.41 Å². The fourth-order valence-corrected chi connectivity index (χ4v) is 2.20. The Morgan fingerprint density at radius 2 is 1.70 bits per heavy atom. The van der Waals surface area contributed by atoms with E-state index >= 15 is 0 Å². The Morgan fingerprint density at radius 1 is 0.900 bits per heavy atom. The van der Waals surface area contributed by atoms with Gasteiger partial charge >= 0.3 is 0 Å². The van der Waals surface area contributed by atoms with Crippen molar-refractivity contribution in [2.45, 2.75) is 44.9 Å². The summed E-state index contributed by atoms with van der Waals surface area (Å²) in [5.41, 5.74) is 0.705. The Morgan fingerprint density at radius 3 is 2.40 bits per heavy atom. The molecule has 0 heteroatoms. The van der Waals surface area contributed by atoms with Crippen LogP contribution in [0.4, 0.5) is 0 Å². The second-order valence-electron chi connectivity index (χ2n) is 3.86. The van der Waals surface area contributed by atoms with Crippen LogP contribution in [0.5, 0.6) is 0 Å². The first-order chi connectivity index (χ1) is 4.91. The standard InChI is InChI=1S/C10H16/c1-2-4-7-10(6-3-1)8-5-9-10/h3,6H,1-2,4-5,7-9H2. The molecule has 0 saturated heterocycles. The van der Waals surface area contributed by atoms with Gasteiger partial charge < -0.3 is 0 Å². The van der Waals surface area contributed by atoms with Gasteiger partial charge in [0.15, 0.2) is 0 Å². The summed E-state index contributed by atoms with van der Waals surface area (Å²) in [5, 5.41) is 0. The third-order valence-corrected chi connectivity index (χ3v) is 3.12. The maximum Gasteiger partial charge on any atom is -0.0118 e. The van der Waals surface area contributed by atoms with Crippen LogP contribution in [0.3, 0.4) is 0 Å². The van der Waals surface area contributed by atoms with E-state index in [2.05, 4.69) is 12.2 Å². The highest BCUT2D eigenvalue weighted by Crippen LogP contribution is 2.47. The van der Waals surface area contributed by atoms with Crippen LogP contribution in [0.1, 0.15) is 44.9 Å². The second kappa shape index (κ2) is 2.41. The van der Waals surface area contributed by atoms with Crippen LogP contribution in [0, 0.1) is 5.41 Å². The van der Waals surface area contributed by atoms with E-state index < -0.39 is 0 Å². The molecule has 0 amide bonds. The van der Waals surface area contributed by atoms with Gasteiger partial charge in [0, 0.05) is 0 Å². The molecule has 1 fully saturated rings. The SMILES string of the molecule is C1=CC2(CCCC1)CCC2. The first-order valence-electron chi connectivity index (χ1n) is 4.59. The largest absolute Gasteiger partial charge is 0.0880 e.